The molecule has 6 nitrogen and oxygen atoms in total. The van der Waals surface area contributed by atoms with Crippen molar-refractivity contribution in [1.29, 1.82) is 0 Å². The fraction of sp³-hybridized carbons (Fsp3) is 0.267. The lowest BCUT2D eigenvalue weighted by Crippen LogP contribution is -2.15. The van der Waals surface area contributed by atoms with E-state index in [4.69, 9.17) is 9.26 Å². The van der Waals surface area contributed by atoms with Crippen molar-refractivity contribution in [2.45, 2.75) is 20.4 Å². The fourth-order valence-corrected chi connectivity index (χ4v) is 2.86. The molecule has 0 N–H and O–H groups in total. The highest BCUT2D eigenvalue weighted by atomic mass is 32.1. The lowest BCUT2D eigenvalue weighted by Gasteiger charge is -2.04. The highest BCUT2D eigenvalue weighted by Crippen LogP contribution is 2.25. The summed E-state index contributed by atoms with van der Waals surface area (Å²) in [5.74, 6) is 1.65. The van der Waals surface area contributed by atoms with Gasteiger partial charge in [-0.3, -0.25) is 9.36 Å². The van der Waals surface area contributed by atoms with Gasteiger partial charge in [0.15, 0.2) is 0 Å². The van der Waals surface area contributed by atoms with E-state index < -0.39 is 0 Å². The Morgan fingerprint density at radius 2 is 2.18 bits per heavy atom. The minimum absolute atomic E-state index is 0.0331. The topological polar surface area (TPSA) is 70.2 Å². The van der Waals surface area contributed by atoms with Gasteiger partial charge in [-0.15, -0.1) is 0 Å². The molecule has 0 amide bonds. The van der Waals surface area contributed by atoms with Crippen LogP contribution in [-0.4, -0.2) is 21.8 Å². The van der Waals surface area contributed by atoms with E-state index in [0.717, 1.165) is 33.9 Å². The Morgan fingerprint density at radius 3 is 2.86 bits per heavy atom. The van der Waals surface area contributed by atoms with Crippen molar-refractivity contribution < 1.29 is 9.26 Å². The summed E-state index contributed by atoms with van der Waals surface area (Å²) in [6.07, 6.45) is 0. The molecule has 0 unspecified atom stereocenters. The summed E-state index contributed by atoms with van der Waals surface area (Å²) in [7, 11) is 1.62. The molecule has 114 valence electrons. The first-order valence-electron chi connectivity index (χ1n) is 6.71. The summed E-state index contributed by atoms with van der Waals surface area (Å²) >= 11 is 1.16. The lowest BCUT2D eigenvalue weighted by atomic mass is 10.1. The quantitative estimate of drug-likeness (QED) is 0.740. The Labute approximate surface area is 131 Å². The zero-order valence-corrected chi connectivity index (χ0v) is 13.3. The molecule has 0 aliphatic carbocycles. The Kier molecular flexibility index (Phi) is 3.81. The van der Waals surface area contributed by atoms with Gasteiger partial charge < -0.3 is 9.26 Å². The van der Waals surface area contributed by atoms with E-state index in [1.807, 2.05) is 37.4 Å². The molecule has 7 heteroatoms. The number of benzene rings is 1. The molecule has 0 fully saturated rings. The van der Waals surface area contributed by atoms with Crippen LogP contribution in [-0.2, 0) is 6.54 Å². The molecule has 2 heterocycles. The van der Waals surface area contributed by atoms with Gasteiger partial charge in [0.25, 0.3) is 0 Å². The van der Waals surface area contributed by atoms with Crippen molar-refractivity contribution in [1.82, 2.24) is 14.7 Å². The van der Waals surface area contributed by atoms with Gasteiger partial charge in [-0.2, -0.15) is 4.98 Å². The molecule has 0 aliphatic heterocycles. The molecule has 0 atom stereocenters. The normalized spacial score (nSPS) is 10.9. The van der Waals surface area contributed by atoms with Gasteiger partial charge in [-0.25, -0.2) is 0 Å². The van der Waals surface area contributed by atoms with Crippen molar-refractivity contribution in [3.05, 3.63) is 50.4 Å². The van der Waals surface area contributed by atoms with Gasteiger partial charge in [0.2, 0.25) is 11.7 Å². The maximum atomic E-state index is 11.7. The Balaban J connectivity index is 1.89. The van der Waals surface area contributed by atoms with Crippen LogP contribution >= 0.6 is 11.3 Å². The second-order valence-corrected chi connectivity index (χ2v) is 5.75. The van der Waals surface area contributed by atoms with Crippen molar-refractivity contribution in [2.24, 2.45) is 0 Å². The number of hydrogen-bond acceptors (Lipinski definition) is 6. The fourth-order valence-electron chi connectivity index (χ4n) is 2.13. The van der Waals surface area contributed by atoms with E-state index in [9.17, 15) is 4.79 Å². The van der Waals surface area contributed by atoms with Crippen LogP contribution in [0.3, 0.4) is 0 Å². The van der Waals surface area contributed by atoms with Gasteiger partial charge in [-0.1, -0.05) is 28.6 Å². The molecule has 22 heavy (non-hydrogen) atoms. The summed E-state index contributed by atoms with van der Waals surface area (Å²) in [4.78, 5) is 16.0. The largest absolute Gasteiger partial charge is 0.496 e. The molecule has 0 saturated carbocycles. The summed E-state index contributed by atoms with van der Waals surface area (Å²) < 4.78 is 12.2. The zero-order chi connectivity index (χ0) is 15.7. The third-order valence-corrected chi connectivity index (χ3v) is 4.29. The number of aryl methyl sites for hydroxylation is 2. The average Bonchev–Trinajstić information content (AvgIpc) is 3.10. The number of thiazole rings is 1. The number of aromatic nitrogens is 3. The second kappa shape index (κ2) is 5.76. The third-order valence-electron chi connectivity index (χ3n) is 3.40. The van der Waals surface area contributed by atoms with E-state index >= 15 is 0 Å². The number of methoxy groups -OCH3 is 1. The van der Waals surface area contributed by atoms with Gasteiger partial charge in [0, 0.05) is 16.6 Å². The zero-order valence-electron chi connectivity index (χ0n) is 12.5. The minimum Gasteiger partial charge on any atom is -0.496 e. The molecule has 3 rings (SSSR count). The van der Waals surface area contributed by atoms with Crippen LogP contribution in [0, 0.1) is 13.8 Å². The van der Waals surface area contributed by atoms with Gasteiger partial charge in [-0.05, 0) is 25.5 Å². The van der Waals surface area contributed by atoms with E-state index in [1.165, 1.54) is 0 Å². The van der Waals surface area contributed by atoms with Crippen molar-refractivity contribution >= 4 is 11.3 Å². The minimum atomic E-state index is -0.0331. The first kappa shape index (κ1) is 14.5. The Bertz CT molecular complexity index is 863. The maximum Gasteiger partial charge on any atom is 0.307 e. The molecule has 2 aromatic heterocycles. The van der Waals surface area contributed by atoms with E-state index in [1.54, 1.807) is 11.7 Å². The predicted molar refractivity (Wildman–Crippen MR) is 83.4 cm³/mol. The van der Waals surface area contributed by atoms with Gasteiger partial charge >= 0.3 is 4.87 Å². The molecule has 0 bridgehead atoms. The Hall–Kier alpha value is -2.41. The molecule has 0 saturated heterocycles. The summed E-state index contributed by atoms with van der Waals surface area (Å²) in [5, 5.41) is 5.79. The van der Waals surface area contributed by atoms with E-state index in [0.29, 0.717) is 11.7 Å². The van der Waals surface area contributed by atoms with Crippen LogP contribution in [0.15, 0.2) is 32.9 Å². The molecule has 3 aromatic rings. The van der Waals surface area contributed by atoms with E-state index in [2.05, 4.69) is 10.1 Å². The van der Waals surface area contributed by atoms with Crippen molar-refractivity contribution in [3.63, 3.8) is 0 Å². The molecular formula is C15H15N3O3S. The predicted octanol–water partition coefficient (Wildman–Crippen LogP) is 2.63. The van der Waals surface area contributed by atoms with Crippen LogP contribution < -0.4 is 9.61 Å². The monoisotopic (exact) mass is 317 g/mol. The van der Waals surface area contributed by atoms with E-state index in [-0.39, 0.29) is 11.4 Å². The first-order valence-corrected chi connectivity index (χ1v) is 7.59. The summed E-state index contributed by atoms with van der Waals surface area (Å²) in [6, 6.07) is 5.72. The van der Waals surface area contributed by atoms with Crippen LogP contribution in [0.4, 0.5) is 0 Å². The molecule has 0 spiro atoms. The highest BCUT2D eigenvalue weighted by Gasteiger charge is 2.13. The second-order valence-electron chi connectivity index (χ2n) is 4.93. The highest BCUT2D eigenvalue weighted by molar-refractivity contribution is 7.07. The number of ether oxygens (including phenoxy) is 1. The number of rotatable bonds is 4. The first-order chi connectivity index (χ1) is 10.6. The molecule has 1 aromatic carbocycles. The van der Waals surface area contributed by atoms with Crippen LogP contribution in [0.1, 0.15) is 17.1 Å². The summed E-state index contributed by atoms with van der Waals surface area (Å²) in [5.41, 5.74) is 2.73. The molecular weight excluding hydrogens is 302 g/mol. The van der Waals surface area contributed by atoms with Crippen LogP contribution in [0.5, 0.6) is 5.75 Å². The maximum absolute atomic E-state index is 11.7. The third kappa shape index (κ3) is 2.67. The van der Waals surface area contributed by atoms with Crippen molar-refractivity contribution in [3.8, 4) is 17.1 Å². The number of nitrogens with zero attached hydrogens (tertiary/aromatic N) is 3. The number of hydrogen-bond donors (Lipinski definition) is 0. The van der Waals surface area contributed by atoms with Gasteiger partial charge in [0.05, 0.1) is 7.11 Å². The molecule has 0 aliphatic rings. The smallest absolute Gasteiger partial charge is 0.307 e. The Morgan fingerprint density at radius 1 is 1.36 bits per heavy atom. The average molecular weight is 317 g/mol. The summed E-state index contributed by atoms with van der Waals surface area (Å²) in [6.45, 7) is 4.13. The standard InChI is InChI=1S/C15H15N3O3S/c1-9-4-5-11(6-12(9)20-3)14-16-13(21-17-14)7-18-10(2)8-22-15(18)19/h4-6,8H,7H2,1-3H3. The lowest BCUT2D eigenvalue weighted by molar-refractivity contribution is 0.370. The molecule has 0 radical (unpaired) electrons. The van der Waals surface area contributed by atoms with Crippen molar-refractivity contribution in [2.75, 3.05) is 7.11 Å². The van der Waals surface area contributed by atoms with Crippen LogP contribution in [0.2, 0.25) is 0 Å². The van der Waals surface area contributed by atoms with Crippen LogP contribution in [0.25, 0.3) is 11.4 Å². The SMILES string of the molecule is COc1cc(-c2noc(Cn3c(C)csc3=O)n2)ccc1C. The van der Waals surface area contributed by atoms with Gasteiger partial charge in [0.1, 0.15) is 12.3 Å².